The molecule has 2 aromatic rings. The summed E-state index contributed by atoms with van der Waals surface area (Å²) in [5.41, 5.74) is 0.746. The van der Waals surface area contributed by atoms with Crippen LogP contribution in [0.1, 0.15) is 0 Å². The molecule has 2 rings (SSSR count). The first-order valence-electron chi connectivity index (χ1n) is 3.66. The Morgan fingerprint density at radius 1 is 1.38 bits per heavy atom. The summed E-state index contributed by atoms with van der Waals surface area (Å²) in [6, 6.07) is 5.89. The van der Waals surface area contributed by atoms with Gasteiger partial charge in [-0.15, -0.1) is 4.99 Å². The Morgan fingerprint density at radius 2 is 2.23 bits per heavy atom. The number of rotatable bonds is 1. The molecule has 0 fully saturated rings. The number of halogens is 1. The molecule has 3 nitrogen and oxygen atoms in total. The van der Waals surface area contributed by atoms with E-state index in [0.29, 0.717) is 11.2 Å². The first-order chi connectivity index (χ1) is 6.29. The third kappa shape index (κ3) is 1.35. The van der Waals surface area contributed by atoms with Crippen molar-refractivity contribution in [2.75, 3.05) is 0 Å². The summed E-state index contributed by atoms with van der Waals surface area (Å²) in [5.74, 6) is 0.0729. The van der Waals surface area contributed by atoms with Gasteiger partial charge < -0.3 is 4.98 Å². The molecule has 0 radical (unpaired) electrons. The Bertz CT molecular complexity index is 497. The molecule has 0 atom stereocenters. The number of aromatic amines is 1. The van der Waals surface area contributed by atoms with Crippen LogP contribution in [-0.2, 0) is 4.79 Å². The summed E-state index contributed by atoms with van der Waals surface area (Å²) in [5, 5.41) is 0.689. The fourth-order valence-corrected chi connectivity index (χ4v) is 1.20. The first-order valence-corrected chi connectivity index (χ1v) is 3.66. The van der Waals surface area contributed by atoms with Crippen LogP contribution < -0.4 is 0 Å². The van der Waals surface area contributed by atoms with Gasteiger partial charge in [0.05, 0.1) is 0 Å². The largest absolute Gasteiger partial charge is 0.339 e. The van der Waals surface area contributed by atoms with E-state index in [1.54, 1.807) is 12.1 Å². The maximum absolute atomic E-state index is 12.7. The van der Waals surface area contributed by atoms with Crippen LogP contribution in [0.2, 0.25) is 0 Å². The molecule has 0 saturated heterocycles. The Balaban J connectivity index is 2.68. The van der Waals surface area contributed by atoms with Crippen LogP contribution in [0.3, 0.4) is 0 Å². The molecule has 1 N–H and O–H groups in total. The zero-order chi connectivity index (χ0) is 9.26. The summed E-state index contributed by atoms with van der Waals surface area (Å²) in [4.78, 5) is 16.2. The fourth-order valence-electron chi connectivity index (χ4n) is 1.20. The van der Waals surface area contributed by atoms with Gasteiger partial charge in [0.2, 0.25) is 6.08 Å². The van der Waals surface area contributed by atoms with Gasteiger partial charge >= 0.3 is 0 Å². The number of nitrogens with zero attached hydrogens (tertiary/aromatic N) is 1. The number of carbonyl (C=O) groups excluding carboxylic acids is 1. The maximum atomic E-state index is 12.7. The number of fused-ring (bicyclic) bond motifs is 1. The summed E-state index contributed by atoms with van der Waals surface area (Å²) in [7, 11) is 0. The minimum absolute atomic E-state index is 0.312. The Hall–Kier alpha value is -1.93. The Labute approximate surface area is 72.9 Å². The second-order valence-electron chi connectivity index (χ2n) is 2.59. The van der Waals surface area contributed by atoms with Crippen LogP contribution in [0, 0.1) is 5.82 Å². The molecule has 0 saturated carbocycles. The van der Waals surface area contributed by atoms with E-state index in [1.165, 1.54) is 18.2 Å². The van der Waals surface area contributed by atoms with Crippen molar-refractivity contribution in [1.82, 2.24) is 4.98 Å². The first kappa shape index (κ1) is 7.71. The minimum atomic E-state index is -0.312. The Morgan fingerprint density at radius 3 is 3.00 bits per heavy atom. The van der Waals surface area contributed by atoms with Gasteiger partial charge in [-0.05, 0) is 24.3 Å². The standard InChI is InChI=1S/C9H5FN2O/c10-7-1-2-8-6(3-7)4-9(12-8)11-5-13/h1-4,12H. The predicted molar refractivity (Wildman–Crippen MR) is 46.0 cm³/mol. The van der Waals surface area contributed by atoms with Gasteiger partial charge in [0.15, 0.2) is 0 Å². The smallest absolute Gasteiger partial charge is 0.242 e. The summed E-state index contributed by atoms with van der Waals surface area (Å²) >= 11 is 0. The van der Waals surface area contributed by atoms with Crippen molar-refractivity contribution < 1.29 is 9.18 Å². The number of aliphatic imine (C=N–C) groups is 1. The molecule has 0 aliphatic heterocycles. The average molecular weight is 176 g/mol. The van der Waals surface area contributed by atoms with Crippen molar-refractivity contribution in [2.45, 2.75) is 0 Å². The fraction of sp³-hybridized carbons (Fsp3) is 0. The van der Waals surface area contributed by atoms with Crippen molar-refractivity contribution in [1.29, 1.82) is 0 Å². The van der Waals surface area contributed by atoms with Crippen LogP contribution in [0.4, 0.5) is 10.2 Å². The number of isocyanates is 1. The highest BCUT2D eigenvalue weighted by Gasteiger charge is 1.99. The SMILES string of the molecule is O=C=Nc1cc2cc(F)ccc2[nH]1. The normalized spacial score (nSPS) is 9.92. The third-order valence-corrected chi connectivity index (χ3v) is 1.73. The van der Waals surface area contributed by atoms with Crippen molar-refractivity contribution in [3.05, 3.63) is 30.1 Å². The molecule has 13 heavy (non-hydrogen) atoms. The lowest BCUT2D eigenvalue weighted by molar-refractivity contribution is 0.565. The van der Waals surface area contributed by atoms with E-state index in [9.17, 15) is 9.18 Å². The summed E-state index contributed by atoms with van der Waals surface area (Å²) in [6.45, 7) is 0. The predicted octanol–water partition coefficient (Wildman–Crippen LogP) is 2.27. The third-order valence-electron chi connectivity index (χ3n) is 1.73. The van der Waals surface area contributed by atoms with Crippen LogP contribution in [0.25, 0.3) is 10.9 Å². The highest BCUT2D eigenvalue weighted by Crippen LogP contribution is 2.20. The zero-order valence-electron chi connectivity index (χ0n) is 6.54. The monoisotopic (exact) mass is 176 g/mol. The van der Waals surface area contributed by atoms with Gasteiger partial charge in [-0.1, -0.05) is 0 Å². The molecule has 0 aliphatic carbocycles. The molecule has 64 valence electrons. The summed E-state index contributed by atoms with van der Waals surface area (Å²) in [6.07, 6.45) is 1.41. The number of aromatic nitrogens is 1. The van der Waals surface area contributed by atoms with Gasteiger partial charge in [0.25, 0.3) is 0 Å². The van der Waals surface area contributed by atoms with Gasteiger partial charge in [-0.3, -0.25) is 0 Å². The van der Waals surface area contributed by atoms with E-state index in [4.69, 9.17) is 0 Å². The maximum Gasteiger partial charge on any atom is 0.242 e. The number of hydrogen-bond donors (Lipinski definition) is 1. The number of nitrogens with one attached hydrogen (secondary N) is 1. The van der Waals surface area contributed by atoms with Crippen molar-refractivity contribution in [3.63, 3.8) is 0 Å². The number of hydrogen-bond acceptors (Lipinski definition) is 2. The topological polar surface area (TPSA) is 45.2 Å². The molecule has 0 aliphatic rings. The summed E-state index contributed by atoms with van der Waals surface area (Å²) < 4.78 is 12.7. The zero-order valence-corrected chi connectivity index (χ0v) is 6.54. The molecular weight excluding hydrogens is 171 g/mol. The van der Waals surface area contributed by atoms with E-state index in [2.05, 4.69) is 9.98 Å². The highest BCUT2D eigenvalue weighted by atomic mass is 19.1. The molecule has 1 heterocycles. The van der Waals surface area contributed by atoms with Crippen LogP contribution in [0.15, 0.2) is 29.3 Å². The van der Waals surface area contributed by atoms with Crippen molar-refractivity contribution in [3.8, 4) is 0 Å². The molecule has 0 amide bonds. The van der Waals surface area contributed by atoms with E-state index >= 15 is 0 Å². The molecule has 1 aromatic heterocycles. The molecule has 0 bridgehead atoms. The van der Waals surface area contributed by atoms with E-state index in [1.807, 2.05) is 0 Å². The lowest BCUT2D eigenvalue weighted by Crippen LogP contribution is -1.71. The molecule has 0 unspecified atom stereocenters. The van der Waals surface area contributed by atoms with Gasteiger partial charge in [0, 0.05) is 10.9 Å². The van der Waals surface area contributed by atoms with Gasteiger partial charge in [0.1, 0.15) is 11.6 Å². The molecule has 1 aromatic carbocycles. The van der Waals surface area contributed by atoms with E-state index in [-0.39, 0.29) is 5.82 Å². The minimum Gasteiger partial charge on any atom is -0.339 e. The van der Waals surface area contributed by atoms with E-state index < -0.39 is 0 Å². The second-order valence-corrected chi connectivity index (χ2v) is 2.59. The van der Waals surface area contributed by atoms with Crippen molar-refractivity contribution in [2.24, 2.45) is 4.99 Å². The lowest BCUT2D eigenvalue weighted by atomic mass is 10.2. The van der Waals surface area contributed by atoms with E-state index in [0.717, 1.165) is 5.52 Å². The highest BCUT2D eigenvalue weighted by molar-refractivity contribution is 5.83. The van der Waals surface area contributed by atoms with Crippen LogP contribution in [0.5, 0.6) is 0 Å². The van der Waals surface area contributed by atoms with Crippen molar-refractivity contribution >= 4 is 22.8 Å². The quantitative estimate of drug-likeness (QED) is 0.525. The van der Waals surface area contributed by atoms with Gasteiger partial charge in [-0.25, -0.2) is 9.18 Å². The number of benzene rings is 1. The average Bonchev–Trinajstić information content (AvgIpc) is 2.46. The lowest BCUT2D eigenvalue weighted by Gasteiger charge is -1.87. The molecule has 4 heteroatoms. The number of H-pyrrole nitrogens is 1. The van der Waals surface area contributed by atoms with Crippen LogP contribution >= 0.6 is 0 Å². The second kappa shape index (κ2) is 2.84. The van der Waals surface area contributed by atoms with Gasteiger partial charge in [-0.2, -0.15) is 0 Å². The molecule has 0 spiro atoms. The Kier molecular flexibility index (Phi) is 1.69. The molecular formula is C9H5FN2O. The van der Waals surface area contributed by atoms with Crippen LogP contribution in [-0.4, -0.2) is 11.1 Å².